The van der Waals surface area contributed by atoms with E-state index in [1.165, 1.54) is 12.8 Å². The van der Waals surface area contributed by atoms with Gasteiger partial charge in [0.05, 0.1) is 5.69 Å². The van der Waals surface area contributed by atoms with Gasteiger partial charge in [-0.3, -0.25) is 4.79 Å². The first kappa shape index (κ1) is 23.1. The van der Waals surface area contributed by atoms with Crippen LogP contribution in [0.25, 0.3) is 0 Å². The Bertz CT molecular complexity index is 746. The SMILES string of the molecule is Cc1c(OCc2ccccc2)c(=O)ccn1CCCNCCCCNCCCN. The van der Waals surface area contributed by atoms with E-state index in [4.69, 9.17) is 10.5 Å². The van der Waals surface area contributed by atoms with Gasteiger partial charge >= 0.3 is 0 Å². The molecule has 4 N–H and O–H groups in total. The van der Waals surface area contributed by atoms with Gasteiger partial charge in [0.2, 0.25) is 5.43 Å². The van der Waals surface area contributed by atoms with E-state index in [1.54, 1.807) is 6.07 Å². The first-order valence-corrected chi connectivity index (χ1v) is 10.7. The Hall–Kier alpha value is -2.15. The average Bonchev–Trinajstić information content (AvgIpc) is 2.74. The minimum atomic E-state index is -0.0621. The Labute approximate surface area is 174 Å². The van der Waals surface area contributed by atoms with Crippen LogP contribution in [-0.2, 0) is 13.2 Å². The fourth-order valence-corrected chi connectivity index (χ4v) is 3.15. The summed E-state index contributed by atoms with van der Waals surface area (Å²) in [6.07, 6.45) is 6.26. The number of hydrogen-bond donors (Lipinski definition) is 3. The zero-order valence-electron chi connectivity index (χ0n) is 17.7. The molecule has 6 nitrogen and oxygen atoms in total. The molecule has 0 radical (unpaired) electrons. The van der Waals surface area contributed by atoms with E-state index in [-0.39, 0.29) is 5.43 Å². The second kappa shape index (κ2) is 13.9. The number of nitrogens with one attached hydrogen (secondary N) is 2. The molecule has 1 heterocycles. The van der Waals surface area contributed by atoms with E-state index in [0.29, 0.717) is 12.4 Å². The molecule has 0 aliphatic rings. The summed E-state index contributed by atoms with van der Waals surface area (Å²) in [6, 6.07) is 11.5. The van der Waals surface area contributed by atoms with Crippen LogP contribution in [0.2, 0.25) is 0 Å². The fraction of sp³-hybridized carbons (Fsp3) is 0.522. The third-order valence-corrected chi connectivity index (χ3v) is 4.88. The van der Waals surface area contributed by atoms with E-state index >= 15 is 0 Å². The third-order valence-electron chi connectivity index (χ3n) is 4.88. The number of ether oxygens (including phenoxy) is 1. The minimum Gasteiger partial charge on any atom is -0.483 e. The molecule has 6 heteroatoms. The van der Waals surface area contributed by atoms with Gasteiger partial charge in [0.1, 0.15) is 6.61 Å². The van der Waals surface area contributed by atoms with Gasteiger partial charge in [-0.15, -0.1) is 0 Å². The van der Waals surface area contributed by atoms with Gasteiger partial charge in [0.25, 0.3) is 0 Å². The highest BCUT2D eigenvalue weighted by Gasteiger charge is 2.09. The van der Waals surface area contributed by atoms with Crippen molar-refractivity contribution in [3.63, 3.8) is 0 Å². The maximum Gasteiger partial charge on any atom is 0.223 e. The van der Waals surface area contributed by atoms with Crippen LogP contribution in [0.5, 0.6) is 5.75 Å². The molecule has 0 amide bonds. The van der Waals surface area contributed by atoms with E-state index < -0.39 is 0 Å². The Morgan fingerprint density at radius 3 is 2.28 bits per heavy atom. The number of pyridine rings is 1. The lowest BCUT2D eigenvalue weighted by Gasteiger charge is -2.15. The van der Waals surface area contributed by atoms with Crippen molar-refractivity contribution in [3.8, 4) is 5.75 Å². The summed E-state index contributed by atoms with van der Waals surface area (Å²) in [5, 5.41) is 6.89. The van der Waals surface area contributed by atoms with E-state index in [1.807, 2.05) is 43.5 Å². The van der Waals surface area contributed by atoms with Gasteiger partial charge in [-0.05, 0) is 70.9 Å². The quantitative estimate of drug-likeness (QED) is 0.400. The molecule has 0 fully saturated rings. The number of benzene rings is 1. The van der Waals surface area contributed by atoms with Crippen LogP contribution in [-0.4, -0.2) is 37.3 Å². The van der Waals surface area contributed by atoms with Gasteiger partial charge < -0.3 is 25.7 Å². The zero-order chi connectivity index (χ0) is 20.7. The van der Waals surface area contributed by atoms with Gasteiger partial charge in [0.15, 0.2) is 5.75 Å². The van der Waals surface area contributed by atoms with Crippen molar-refractivity contribution >= 4 is 0 Å². The summed E-state index contributed by atoms with van der Waals surface area (Å²) < 4.78 is 7.94. The molecule has 0 aliphatic carbocycles. The van der Waals surface area contributed by atoms with Crippen molar-refractivity contribution in [3.05, 3.63) is 64.1 Å². The molecular formula is C23H36N4O2. The summed E-state index contributed by atoms with van der Waals surface area (Å²) >= 11 is 0. The lowest BCUT2D eigenvalue weighted by molar-refractivity contribution is 0.296. The molecule has 0 unspecified atom stereocenters. The molecule has 1 aromatic carbocycles. The largest absolute Gasteiger partial charge is 0.483 e. The maximum atomic E-state index is 12.2. The molecule has 0 aliphatic heterocycles. The Kier molecular flexibility index (Phi) is 11.1. The van der Waals surface area contributed by atoms with Gasteiger partial charge in [-0.25, -0.2) is 0 Å². The van der Waals surface area contributed by atoms with Crippen LogP contribution in [0.15, 0.2) is 47.4 Å². The second-order valence-electron chi connectivity index (χ2n) is 7.27. The van der Waals surface area contributed by atoms with Crippen LogP contribution in [0, 0.1) is 6.92 Å². The number of nitrogens with two attached hydrogens (primary N) is 1. The first-order valence-electron chi connectivity index (χ1n) is 10.7. The zero-order valence-corrected chi connectivity index (χ0v) is 17.7. The molecule has 2 aromatic rings. The highest BCUT2D eigenvalue weighted by Crippen LogP contribution is 2.14. The van der Waals surface area contributed by atoms with Crippen molar-refractivity contribution in [2.24, 2.45) is 5.73 Å². The summed E-state index contributed by atoms with van der Waals surface area (Å²) in [5.74, 6) is 0.450. The summed E-state index contributed by atoms with van der Waals surface area (Å²) in [4.78, 5) is 12.2. The monoisotopic (exact) mass is 400 g/mol. The molecule has 0 spiro atoms. The van der Waals surface area contributed by atoms with Crippen LogP contribution in [0.1, 0.15) is 36.9 Å². The van der Waals surface area contributed by atoms with E-state index in [2.05, 4.69) is 15.2 Å². The number of aromatic nitrogens is 1. The van der Waals surface area contributed by atoms with Crippen LogP contribution in [0.4, 0.5) is 0 Å². The number of rotatable bonds is 15. The van der Waals surface area contributed by atoms with Crippen LogP contribution < -0.4 is 26.5 Å². The molecule has 0 saturated carbocycles. The molecule has 0 saturated heterocycles. The normalized spacial score (nSPS) is 11.0. The van der Waals surface area contributed by atoms with Crippen molar-refractivity contribution in [1.29, 1.82) is 0 Å². The minimum absolute atomic E-state index is 0.0621. The predicted molar refractivity (Wildman–Crippen MR) is 119 cm³/mol. The lowest BCUT2D eigenvalue weighted by atomic mass is 10.2. The third kappa shape index (κ3) is 8.81. The Balaban J connectivity index is 1.67. The Morgan fingerprint density at radius 2 is 1.59 bits per heavy atom. The molecule has 0 bridgehead atoms. The molecule has 29 heavy (non-hydrogen) atoms. The summed E-state index contributed by atoms with van der Waals surface area (Å²) in [7, 11) is 0. The number of unbranched alkanes of at least 4 members (excludes halogenated alkanes) is 1. The molecule has 0 atom stereocenters. The number of aryl methyl sites for hydroxylation is 1. The van der Waals surface area contributed by atoms with Crippen molar-refractivity contribution in [2.45, 2.75) is 45.8 Å². The average molecular weight is 401 g/mol. The number of nitrogens with zero attached hydrogens (tertiary/aromatic N) is 1. The molecule has 2 rings (SSSR count). The van der Waals surface area contributed by atoms with Gasteiger partial charge in [-0.2, -0.15) is 0 Å². The fourth-order valence-electron chi connectivity index (χ4n) is 3.15. The second-order valence-corrected chi connectivity index (χ2v) is 7.27. The van der Waals surface area contributed by atoms with E-state index in [0.717, 1.165) is 63.4 Å². The maximum absolute atomic E-state index is 12.2. The smallest absolute Gasteiger partial charge is 0.223 e. The Morgan fingerprint density at radius 1 is 0.931 bits per heavy atom. The van der Waals surface area contributed by atoms with Gasteiger partial charge in [-0.1, -0.05) is 30.3 Å². The highest BCUT2D eigenvalue weighted by molar-refractivity contribution is 5.28. The summed E-state index contributed by atoms with van der Waals surface area (Å²) in [6.45, 7) is 8.05. The van der Waals surface area contributed by atoms with Crippen LogP contribution >= 0.6 is 0 Å². The highest BCUT2D eigenvalue weighted by atomic mass is 16.5. The molecule has 1 aromatic heterocycles. The van der Waals surface area contributed by atoms with Crippen molar-refractivity contribution < 1.29 is 4.74 Å². The summed E-state index contributed by atoms with van der Waals surface area (Å²) in [5.41, 5.74) is 7.35. The standard InChI is InChI=1S/C23H36N4O2/c1-20-23(29-19-21-9-3-2-4-10-21)22(28)11-18-27(20)17-8-16-26-14-6-5-13-25-15-7-12-24/h2-4,9-11,18,25-26H,5-8,12-17,19,24H2,1H3. The molecule has 160 valence electrons. The lowest BCUT2D eigenvalue weighted by Crippen LogP contribution is -2.22. The first-order chi connectivity index (χ1) is 14.2. The number of hydrogen-bond acceptors (Lipinski definition) is 5. The van der Waals surface area contributed by atoms with Crippen LogP contribution in [0.3, 0.4) is 0 Å². The van der Waals surface area contributed by atoms with Crippen molar-refractivity contribution in [1.82, 2.24) is 15.2 Å². The predicted octanol–water partition coefficient (Wildman–Crippen LogP) is 2.43. The van der Waals surface area contributed by atoms with E-state index in [9.17, 15) is 4.79 Å². The van der Waals surface area contributed by atoms with Crippen molar-refractivity contribution in [2.75, 3.05) is 32.7 Å². The topological polar surface area (TPSA) is 81.3 Å². The van der Waals surface area contributed by atoms with Gasteiger partial charge in [0, 0.05) is 18.8 Å². The molecular weight excluding hydrogens is 364 g/mol.